The smallest absolute Gasteiger partial charge is 0.110 e. The van der Waals surface area contributed by atoms with E-state index in [0.717, 1.165) is 19.3 Å². The van der Waals surface area contributed by atoms with Crippen LogP contribution >= 0.6 is 0 Å². The van der Waals surface area contributed by atoms with Crippen LogP contribution in [0.25, 0.3) is 0 Å². The third-order valence-electron chi connectivity index (χ3n) is 2.92. The normalized spacial score (nSPS) is 12.4. The standard InChI is InChI=1S/C14H21NO2/c1-2-4-11-7-9-12(10-8-11)13(15)5-3-6-14(16)17/h7-10,13H,2-6,15H2,1H3,(H,16,17)/t13-/m0/s1. The maximum atomic E-state index is 10.3. The molecule has 94 valence electrons. The highest BCUT2D eigenvalue weighted by molar-refractivity contribution is 5.64. The first-order valence-corrected chi connectivity index (χ1v) is 6.25. The second-order valence-corrected chi connectivity index (χ2v) is 4.45. The van der Waals surface area contributed by atoms with E-state index in [1.807, 2.05) is 0 Å². The number of hydrogen-bond donors (Lipinski definition) is 1. The van der Waals surface area contributed by atoms with Crippen LogP contribution in [0, 0.1) is 0 Å². The number of aliphatic carboxylic acids is 1. The Balaban J connectivity index is 2.45. The van der Waals surface area contributed by atoms with Crippen LogP contribution < -0.4 is 10.8 Å². The molecule has 0 heterocycles. The highest BCUT2D eigenvalue weighted by Gasteiger charge is 2.08. The lowest BCUT2D eigenvalue weighted by molar-refractivity contribution is -0.428. The molecule has 1 aromatic rings. The van der Waals surface area contributed by atoms with E-state index in [1.165, 1.54) is 11.1 Å². The molecule has 3 heteroatoms. The van der Waals surface area contributed by atoms with Crippen molar-refractivity contribution < 1.29 is 15.6 Å². The van der Waals surface area contributed by atoms with Gasteiger partial charge >= 0.3 is 0 Å². The van der Waals surface area contributed by atoms with Crippen molar-refractivity contribution in [2.24, 2.45) is 0 Å². The zero-order valence-corrected chi connectivity index (χ0v) is 10.4. The number of rotatable bonds is 7. The zero-order valence-electron chi connectivity index (χ0n) is 10.4. The quantitative estimate of drug-likeness (QED) is 0.761. The van der Waals surface area contributed by atoms with Crippen LogP contribution in [0.3, 0.4) is 0 Å². The van der Waals surface area contributed by atoms with Crippen LogP contribution in [-0.2, 0) is 11.2 Å². The van der Waals surface area contributed by atoms with Gasteiger partial charge in [-0.25, -0.2) is 0 Å². The molecule has 0 fully saturated rings. The van der Waals surface area contributed by atoms with Crippen LogP contribution in [0.2, 0.25) is 0 Å². The summed E-state index contributed by atoms with van der Waals surface area (Å²) < 4.78 is 0. The van der Waals surface area contributed by atoms with Crippen molar-refractivity contribution in [1.82, 2.24) is 0 Å². The van der Waals surface area contributed by atoms with Crippen LogP contribution in [0.15, 0.2) is 24.3 Å². The molecule has 0 amide bonds. The molecule has 0 unspecified atom stereocenters. The second-order valence-electron chi connectivity index (χ2n) is 4.45. The van der Waals surface area contributed by atoms with Crippen molar-refractivity contribution in [2.45, 2.75) is 45.1 Å². The maximum absolute atomic E-state index is 10.3. The molecule has 3 nitrogen and oxygen atoms in total. The summed E-state index contributed by atoms with van der Waals surface area (Å²) in [6, 6.07) is 8.64. The number of aryl methyl sites for hydroxylation is 1. The molecule has 0 aliphatic heterocycles. The zero-order chi connectivity index (χ0) is 12.7. The second kappa shape index (κ2) is 7.07. The van der Waals surface area contributed by atoms with Gasteiger partial charge in [0, 0.05) is 18.0 Å². The third kappa shape index (κ3) is 5.00. The van der Waals surface area contributed by atoms with Crippen molar-refractivity contribution in [3.63, 3.8) is 0 Å². The van der Waals surface area contributed by atoms with Crippen molar-refractivity contribution in [1.29, 1.82) is 0 Å². The van der Waals surface area contributed by atoms with Crippen LogP contribution in [0.4, 0.5) is 0 Å². The minimum Gasteiger partial charge on any atom is -0.550 e. The number of carbonyl (C=O) groups excluding carboxylic acids is 1. The fraction of sp³-hybridized carbons (Fsp3) is 0.500. The molecule has 0 saturated heterocycles. The molecule has 0 aliphatic rings. The molecule has 1 rings (SSSR count). The van der Waals surface area contributed by atoms with E-state index in [-0.39, 0.29) is 12.5 Å². The van der Waals surface area contributed by atoms with E-state index in [0.29, 0.717) is 6.42 Å². The first kappa shape index (κ1) is 13.7. The molecule has 1 aromatic carbocycles. The van der Waals surface area contributed by atoms with Gasteiger partial charge in [0.05, 0.1) is 0 Å². The summed E-state index contributed by atoms with van der Waals surface area (Å²) in [4.78, 5) is 10.3. The van der Waals surface area contributed by atoms with Gasteiger partial charge in [0.2, 0.25) is 0 Å². The van der Waals surface area contributed by atoms with E-state index in [1.54, 1.807) is 0 Å². The lowest BCUT2D eigenvalue weighted by Gasteiger charge is -2.10. The Morgan fingerprint density at radius 3 is 2.53 bits per heavy atom. The Morgan fingerprint density at radius 1 is 1.35 bits per heavy atom. The van der Waals surface area contributed by atoms with Gasteiger partial charge in [-0.2, -0.15) is 0 Å². The Bertz CT molecular complexity index is 346. The minimum atomic E-state index is -0.976. The van der Waals surface area contributed by atoms with Gasteiger partial charge in [0.15, 0.2) is 0 Å². The van der Waals surface area contributed by atoms with E-state index in [4.69, 9.17) is 0 Å². The highest BCUT2D eigenvalue weighted by atomic mass is 16.4. The van der Waals surface area contributed by atoms with Crippen molar-refractivity contribution in [2.75, 3.05) is 0 Å². The molecule has 0 spiro atoms. The molecule has 0 radical (unpaired) electrons. The summed E-state index contributed by atoms with van der Waals surface area (Å²) >= 11 is 0. The van der Waals surface area contributed by atoms with Gasteiger partial charge in [0.25, 0.3) is 0 Å². The predicted octanol–water partition coefficient (Wildman–Crippen LogP) is 0.842. The summed E-state index contributed by atoms with van der Waals surface area (Å²) in [6.45, 7) is 2.16. The maximum Gasteiger partial charge on any atom is 0.110 e. The van der Waals surface area contributed by atoms with Crippen LogP contribution in [0.5, 0.6) is 0 Å². The van der Waals surface area contributed by atoms with Crippen molar-refractivity contribution in [3.8, 4) is 0 Å². The average Bonchev–Trinajstić information content (AvgIpc) is 2.30. The minimum absolute atomic E-state index is 0.125. The molecule has 1 atom stereocenters. The highest BCUT2D eigenvalue weighted by Crippen LogP contribution is 2.16. The Morgan fingerprint density at radius 2 is 2.00 bits per heavy atom. The molecule has 0 saturated carbocycles. The van der Waals surface area contributed by atoms with Crippen LogP contribution in [0.1, 0.15) is 49.8 Å². The number of carboxylic acids is 1. The number of carbonyl (C=O) groups is 1. The first-order valence-electron chi connectivity index (χ1n) is 6.25. The lowest BCUT2D eigenvalue weighted by atomic mass is 9.99. The molecule has 0 bridgehead atoms. The first-order chi connectivity index (χ1) is 8.13. The summed E-state index contributed by atoms with van der Waals surface area (Å²) in [7, 11) is 0. The number of quaternary nitrogens is 1. The fourth-order valence-corrected chi connectivity index (χ4v) is 1.90. The van der Waals surface area contributed by atoms with E-state index in [9.17, 15) is 9.90 Å². The Hall–Kier alpha value is -1.35. The Labute approximate surface area is 103 Å². The van der Waals surface area contributed by atoms with Gasteiger partial charge in [-0.1, -0.05) is 37.6 Å². The molecular weight excluding hydrogens is 214 g/mol. The van der Waals surface area contributed by atoms with Gasteiger partial charge in [0.1, 0.15) is 6.04 Å². The number of benzene rings is 1. The van der Waals surface area contributed by atoms with Crippen molar-refractivity contribution >= 4 is 5.97 Å². The molecule has 0 aromatic heterocycles. The molecule has 0 aliphatic carbocycles. The van der Waals surface area contributed by atoms with Crippen molar-refractivity contribution in [3.05, 3.63) is 35.4 Å². The van der Waals surface area contributed by atoms with Gasteiger partial charge in [-0.15, -0.1) is 0 Å². The molecular formula is C14H21NO2. The third-order valence-corrected chi connectivity index (χ3v) is 2.92. The summed E-state index contributed by atoms with van der Waals surface area (Å²) in [5.41, 5.74) is 6.60. The van der Waals surface area contributed by atoms with Crippen LogP contribution in [-0.4, -0.2) is 5.97 Å². The topological polar surface area (TPSA) is 67.8 Å². The lowest BCUT2D eigenvalue weighted by Crippen LogP contribution is -2.53. The summed E-state index contributed by atoms with van der Waals surface area (Å²) in [5, 5.41) is 10.3. The summed E-state index contributed by atoms with van der Waals surface area (Å²) in [6.07, 6.45) is 3.81. The van der Waals surface area contributed by atoms with E-state index < -0.39 is 5.97 Å². The average molecular weight is 235 g/mol. The summed E-state index contributed by atoms with van der Waals surface area (Å²) in [5.74, 6) is -0.976. The van der Waals surface area contributed by atoms with Gasteiger partial charge in [-0.3, -0.25) is 0 Å². The monoisotopic (exact) mass is 235 g/mol. The Kier molecular flexibility index (Phi) is 5.70. The largest absolute Gasteiger partial charge is 0.550 e. The number of carboxylic acid groups (broad SMARTS) is 1. The predicted molar refractivity (Wildman–Crippen MR) is 64.9 cm³/mol. The van der Waals surface area contributed by atoms with E-state index >= 15 is 0 Å². The number of hydrogen-bond acceptors (Lipinski definition) is 2. The molecule has 17 heavy (non-hydrogen) atoms. The SMILES string of the molecule is CCCc1ccc([C@@H]([NH3+])CCCC(=O)[O-])cc1. The molecule has 3 N–H and O–H groups in total. The van der Waals surface area contributed by atoms with E-state index in [2.05, 4.69) is 36.9 Å². The van der Waals surface area contributed by atoms with Gasteiger partial charge in [-0.05, 0) is 24.8 Å². The fourth-order valence-electron chi connectivity index (χ4n) is 1.90. The van der Waals surface area contributed by atoms with Gasteiger partial charge < -0.3 is 15.6 Å².